The summed E-state index contributed by atoms with van der Waals surface area (Å²) in [5.41, 5.74) is 2.16. The molecule has 2 heterocycles. The number of esters is 2. The Bertz CT molecular complexity index is 1660. The number of fused-ring (bicyclic) bond motifs is 2. The zero-order valence-corrected chi connectivity index (χ0v) is 24.7. The van der Waals surface area contributed by atoms with Gasteiger partial charge in [0.2, 0.25) is 5.91 Å². The summed E-state index contributed by atoms with van der Waals surface area (Å²) in [5.74, 6) is -4.75. The largest absolute Gasteiger partial charge is 0.465 e. The molecule has 0 aliphatic heterocycles. The molecule has 0 unspecified atom stereocenters. The van der Waals surface area contributed by atoms with Crippen LogP contribution in [0.15, 0.2) is 23.2 Å². The molecule has 0 saturated heterocycles. The van der Waals surface area contributed by atoms with Gasteiger partial charge in [0.15, 0.2) is 14.6 Å². The van der Waals surface area contributed by atoms with E-state index in [0.717, 1.165) is 47.5 Å². The van der Waals surface area contributed by atoms with Gasteiger partial charge in [-0.3, -0.25) is 9.59 Å². The monoisotopic (exact) mass is 607 g/mol. The molecule has 1 N–H and O–H groups in total. The van der Waals surface area contributed by atoms with Crippen molar-refractivity contribution in [1.82, 2.24) is 4.57 Å². The summed E-state index contributed by atoms with van der Waals surface area (Å²) in [4.78, 5) is 55.0. The second kappa shape index (κ2) is 12.4. The van der Waals surface area contributed by atoms with E-state index in [2.05, 4.69) is 10.3 Å². The molecule has 1 aliphatic rings. The van der Waals surface area contributed by atoms with Gasteiger partial charge in [0.1, 0.15) is 16.5 Å². The normalized spacial score (nSPS) is 13.9. The number of aryl methyl sites for hydroxylation is 2. The fourth-order valence-electron chi connectivity index (χ4n) is 4.48. The third-order valence-electron chi connectivity index (χ3n) is 6.30. The Balaban J connectivity index is 1.49. The number of nitrogens with one attached hydrogen (secondary N) is 1. The van der Waals surface area contributed by atoms with Gasteiger partial charge in [-0.05, 0) is 56.4 Å². The number of thiazole rings is 1. The van der Waals surface area contributed by atoms with Crippen LogP contribution in [-0.2, 0) is 48.8 Å². The summed E-state index contributed by atoms with van der Waals surface area (Å²) in [6, 6.07) is 4.86. The van der Waals surface area contributed by atoms with E-state index in [-0.39, 0.29) is 22.0 Å². The van der Waals surface area contributed by atoms with Crippen LogP contribution in [0.2, 0.25) is 0 Å². The molecule has 0 bridgehead atoms. The minimum absolute atomic E-state index is 0.167. The number of thiophene rings is 1. The maximum absolute atomic E-state index is 12.7. The molecule has 11 nitrogen and oxygen atoms in total. The molecule has 1 aromatic carbocycles. The predicted molar refractivity (Wildman–Crippen MR) is 152 cm³/mol. The first kappa shape index (κ1) is 29.6. The molecule has 0 fully saturated rings. The molecule has 0 radical (unpaired) electrons. The van der Waals surface area contributed by atoms with E-state index in [1.165, 1.54) is 18.4 Å². The molecule has 14 heteroatoms. The number of aromatic nitrogens is 1. The second-order valence-corrected chi connectivity index (χ2v) is 13.4. The van der Waals surface area contributed by atoms with Crippen molar-refractivity contribution in [3.05, 3.63) is 44.6 Å². The highest BCUT2D eigenvalue weighted by Gasteiger charge is 2.28. The summed E-state index contributed by atoms with van der Waals surface area (Å²) < 4.78 is 37.6. The molecule has 0 atom stereocenters. The molecule has 0 saturated carbocycles. The van der Waals surface area contributed by atoms with E-state index in [1.807, 2.05) is 0 Å². The topological polar surface area (TPSA) is 150 Å². The van der Waals surface area contributed by atoms with Crippen molar-refractivity contribution in [1.29, 1.82) is 0 Å². The molecule has 1 aliphatic carbocycles. The minimum Gasteiger partial charge on any atom is -0.465 e. The van der Waals surface area contributed by atoms with E-state index in [4.69, 9.17) is 9.47 Å². The van der Waals surface area contributed by atoms with Crippen molar-refractivity contribution in [2.45, 2.75) is 39.0 Å². The Morgan fingerprint density at radius 1 is 1.05 bits per heavy atom. The third kappa shape index (κ3) is 6.67. The van der Waals surface area contributed by atoms with Crippen LogP contribution < -0.4 is 10.1 Å². The first-order valence-electron chi connectivity index (χ1n) is 12.6. The van der Waals surface area contributed by atoms with E-state index >= 15 is 0 Å². The van der Waals surface area contributed by atoms with Crippen LogP contribution in [0, 0.1) is 0 Å². The molecule has 214 valence electrons. The fourth-order valence-corrected chi connectivity index (χ4v) is 7.86. The Kier molecular flexibility index (Phi) is 9.21. The lowest BCUT2D eigenvalue weighted by molar-refractivity contribution is -0.115. The van der Waals surface area contributed by atoms with E-state index in [1.54, 1.807) is 36.7 Å². The van der Waals surface area contributed by atoms with Gasteiger partial charge in [0.25, 0.3) is 5.91 Å². The van der Waals surface area contributed by atoms with Crippen molar-refractivity contribution in [3.63, 3.8) is 0 Å². The number of methoxy groups -OCH3 is 1. The van der Waals surface area contributed by atoms with Crippen LogP contribution in [0.25, 0.3) is 10.2 Å². The van der Waals surface area contributed by atoms with Gasteiger partial charge in [-0.2, -0.15) is 4.99 Å². The zero-order valence-electron chi connectivity index (χ0n) is 22.3. The molecule has 2 aromatic heterocycles. The van der Waals surface area contributed by atoms with Crippen LogP contribution in [0.5, 0.6) is 0 Å². The first-order valence-corrected chi connectivity index (χ1v) is 16.1. The standard InChI is InChI=1S/C26H29N3O8S3/c1-4-37-25(33)22-16-8-6-5-7-9-18(16)38-23(22)27-20(30)13-40(34,35)14-21(31)28-26-29(2)17-11-10-15(24(32)36-3)12-19(17)39-26/h10-12H,4-9,13-14H2,1-3H3,(H,27,30). The van der Waals surface area contributed by atoms with Gasteiger partial charge < -0.3 is 19.4 Å². The zero-order chi connectivity index (χ0) is 29.0. The van der Waals surface area contributed by atoms with Gasteiger partial charge in [-0.15, -0.1) is 11.3 Å². The van der Waals surface area contributed by atoms with Crippen molar-refractivity contribution in [3.8, 4) is 0 Å². The van der Waals surface area contributed by atoms with Gasteiger partial charge >= 0.3 is 11.9 Å². The summed E-state index contributed by atoms with van der Waals surface area (Å²) in [7, 11) is -1.23. The average molecular weight is 608 g/mol. The number of carbonyl (C=O) groups is 4. The highest BCUT2D eigenvalue weighted by atomic mass is 32.2. The highest BCUT2D eigenvalue weighted by Crippen LogP contribution is 2.38. The third-order valence-corrected chi connectivity index (χ3v) is 9.99. The lowest BCUT2D eigenvalue weighted by Gasteiger charge is -2.08. The van der Waals surface area contributed by atoms with E-state index in [0.29, 0.717) is 22.2 Å². The molecular weight excluding hydrogens is 579 g/mol. The molecule has 0 spiro atoms. The van der Waals surface area contributed by atoms with Crippen molar-refractivity contribution in [2.24, 2.45) is 12.0 Å². The highest BCUT2D eigenvalue weighted by molar-refractivity contribution is 7.92. The summed E-state index contributed by atoms with van der Waals surface area (Å²) in [5, 5.41) is 2.84. The van der Waals surface area contributed by atoms with Crippen LogP contribution >= 0.6 is 22.7 Å². The van der Waals surface area contributed by atoms with E-state index < -0.39 is 45.1 Å². The van der Waals surface area contributed by atoms with Gasteiger partial charge in [-0.1, -0.05) is 17.8 Å². The predicted octanol–water partition coefficient (Wildman–Crippen LogP) is 3.01. The van der Waals surface area contributed by atoms with Crippen LogP contribution in [-0.4, -0.2) is 62.0 Å². The second-order valence-electron chi connectivity index (χ2n) is 9.19. The number of anilines is 1. The SMILES string of the molecule is CCOC(=O)c1c(NC(=O)CS(=O)(=O)CC(=O)N=c2sc3cc(C(=O)OC)ccc3n2C)sc2c1CCCCC2. The number of amides is 2. The van der Waals surface area contributed by atoms with Gasteiger partial charge in [0.05, 0.1) is 35.1 Å². The number of carbonyl (C=O) groups excluding carboxylic acids is 4. The van der Waals surface area contributed by atoms with Crippen molar-refractivity contribution in [2.75, 3.05) is 30.5 Å². The number of hydrogen-bond acceptors (Lipinski definition) is 10. The van der Waals surface area contributed by atoms with Gasteiger partial charge in [0, 0.05) is 11.9 Å². The number of rotatable bonds is 8. The number of hydrogen-bond donors (Lipinski definition) is 1. The molecule has 4 rings (SSSR count). The maximum atomic E-state index is 12.7. The van der Waals surface area contributed by atoms with Crippen LogP contribution in [0.4, 0.5) is 5.00 Å². The fraction of sp³-hybridized carbons (Fsp3) is 0.423. The number of sulfone groups is 1. The molecular formula is C26H29N3O8S3. The Morgan fingerprint density at radius 3 is 2.52 bits per heavy atom. The quantitative estimate of drug-likeness (QED) is 0.303. The Morgan fingerprint density at radius 2 is 1.80 bits per heavy atom. The van der Waals surface area contributed by atoms with Crippen molar-refractivity contribution < 1.29 is 37.1 Å². The molecule has 40 heavy (non-hydrogen) atoms. The van der Waals surface area contributed by atoms with Crippen LogP contribution in [0.1, 0.15) is 57.3 Å². The van der Waals surface area contributed by atoms with E-state index in [9.17, 15) is 27.6 Å². The summed E-state index contributed by atoms with van der Waals surface area (Å²) in [6.45, 7) is 1.86. The Labute approximate surface area is 238 Å². The number of benzene rings is 1. The summed E-state index contributed by atoms with van der Waals surface area (Å²) >= 11 is 2.37. The average Bonchev–Trinajstić information content (AvgIpc) is 3.27. The van der Waals surface area contributed by atoms with Gasteiger partial charge in [-0.25, -0.2) is 18.0 Å². The lowest BCUT2D eigenvalue weighted by Crippen LogP contribution is -2.28. The summed E-state index contributed by atoms with van der Waals surface area (Å²) in [6.07, 6.45) is 4.37. The molecule has 3 aromatic rings. The van der Waals surface area contributed by atoms with Crippen LogP contribution in [0.3, 0.4) is 0 Å². The maximum Gasteiger partial charge on any atom is 0.341 e. The Hall–Kier alpha value is -3.36. The first-order chi connectivity index (χ1) is 19.0. The van der Waals surface area contributed by atoms with Crippen molar-refractivity contribution >= 4 is 71.5 Å². The lowest BCUT2D eigenvalue weighted by atomic mass is 10.1. The number of nitrogens with zero attached hydrogens (tertiary/aromatic N) is 2. The minimum atomic E-state index is -4.17. The smallest absolute Gasteiger partial charge is 0.341 e. The number of ether oxygens (including phenoxy) is 2. The molecule has 2 amide bonds.